The van der Waals surface area contributed by atoms with Crippen LogP contribution in [0.4, 0.5) is 11.6 Å². The Balaban J connectivity index is 1.84. The highest BCUT2D eigenvalue weighted by atomic mass is 32.2. The second-order valence-corrected chi connectivity index (χ2v) is 7.00. The molecular weight excluding hydrogens is 354 g/mol. The monoisotopic (exact) mass is 373 g/mol. The van der Waals surface area contributed by atoms with Crippen molar-refractivity contribution in [2.45, 2.75) is 24.3 Å². The largest absolute Gasteiger partial charge is 0.368 e. The first-order chi connectivity index (χ1) is 12.4. The number of nitrogens with one attached hydrogen (secondary N) is 2. The molecule has 1 amide bonds. The fourth-order valence-electron chi connectivity index (χ4n) is 2.46. The van der Waals surface area contributed by atoms with E-state index in [1.807, 2.05) is 30.3 Å². The van der Waals surface area contributed by atoms with Gasteiger partial charge in [-0.15, -0.1) is 5.10 Å². The summed E-state index contributed by atoms with van der Waals surface area (Å²) in [6.45, 7) is 3.49. The van der Waals surface area contributed by atoms with Crippen LogP contribution in [-0.2, 0) is 11.8 Å². The van der Waals surface area contributed by atoms with Gasteiger partial charge in [0.1, 0.15) is 5.69 Å². The minimum Gasteiger partial charge on any atom is -0.368 e. The fraction of sp³-hybridized carbons (Fsp3) is 0.250. The number of rotatable bonds is 5. The number of benzene rings is 1. The van der Waals surface area contributed by atoms with Crippen molar-refractivity contribution < 1.29 is 4.79 Å². The Bertz CT molecular complexity index is 990. The molecular formula is C16H19N7O2S. The van der Waals surface area contributed by atoms with E-state index in [4.69, 9.17) is 5.73 Å². The quantitative estimate of drug-likeness (QED) is 0.579. The summed E-state index contributed by atoms with van der Waals surface area (Å²) in [5.74, 6) is -0.130. The zero-order valence-corrected chi connectivity index (χ0v) is 15.4. The van der Waals surface area contributed by atoms with E-state index in [1.165, 1.54) is 4.68 Å². The number of carbonyl (C=O) groups is 1. The Morgan fingerprint density at radius 3 is 2.65 bits per heavy atom. The molecule has 136 valence electrons. The molecule has 1 aromatic carbocycles. The van der Waals surface area contributed by atoms with Crippen LogP contribution in [0.5, 0.6) is 0 Å². The third-order valence-electron chi connectivity index (χ3n) is 3.94. The lowest BCUT2D eigenvalue weighted by Crippen LogP contribution is -2.27. The summed E-state index contributed by atoms with van der Waals surface area (Å²) in [6.07, 6.45) is 0. The van der Waals surface area contributed by atoms with Gasteiger partial charge in [-0.1, -0.05) is 30.0 Å². The molecule has 4 N–H and O–H groups in total. The summed E-state index contributed by atoms with van der Waals surface area (Å²) in [5, 5.41) is 9.00. The molecule has 2 aromatic heterocycles. The van der Waals surface area contributed by atoms with E-state index in [2.05, 4.69) is 20.5 Å². The molecule has 0 radical (unpaired) electrons. The van der Waals surface area contributed by atoms with E-state index < -0.39 is 5.25 Å². The number of nitrogens with zero attached hydrogens (tertiary/aromatic N) is 4. The molecule has 9 nitrogen and oxygen atoms in total. The molecule has 0 aliphatic rings. The Hall–Kier alpha value is -3.01. The maximum absolute atomic E-state index is 12.8. The Morgan fingerprint density at radius 2 is 2.04 bits per heavy atom. The Labute approximate surface area is 153 Å². The minimum atomic E-state index is -0.505. The number of hydrogen-bond donors (Lipinski definition) is 3. The van der Waals surface area contributed by atoms with Gasteiger partial charge in [-0.2, -0.15) is 4.98 Å². The highest BCUT2D eigenvalue weighted by molar-refractivity contribution is 8.00. The summed E-state index contributed by atoms with van der Waals surface area (Å²) in [6, 6.07) is 9.24. The van der Waals surface area contributed by atoms with Crippen LogP contribution in [0.2, 0.25) is 0 Å². The summed E-state index contributed by atoms with van der Waals surface area (Å²) in [7, 11) is 1.77. The molecule has 0 fully saturated rings. The Morgan fingerprint density at radius 1 is 1.35 bits per heavy atom. The molecule has 3 rings (SSSR count). The number of para-hydroxylation sites is 1. The van der Waals surface area contributed by atoms with Crippen molar-refractivity contribution in [1.29, 1.82) is 0 Å². The average Bonchev–Trinajstić information content (AvgIpc) is 3.12. The van der Waals surface area contributed by atoms with Crippen molar-refractivity contribution >= 4 is 29.3 Å². The summed E-state index contributed by atoms with van der Waals surface area (Å²) < 4.78 is 3.22. The molecule has 0 saturated heterocycles. The molecule has 3 aromatic rings. The molecule has 10 heteroatoms. The number of carbonyl (C=O) groups excluding carboxylic acids is 1. The molecule has 0 aliphatic heterocycles. The number of nitrogens with two attached hydrogens (primary N) is 1. The van der Waals surface area contributed by atoms with Crippen LogP contribution in [0.25, 0.3) is 5.69 Å². The van der Waals surface area contributed by atoms with Crippen molar-refractivity contribution in [1.82, 2.24) is 24.5 Å². The van der Waals surface area contributed by atoms with E-state index in [0.29, 0.717) is 10.9 Å². The smallest absolute Gasteiger partial charge is 0.295 e. The van der Waals surface area contributed by atoms with Gasteiger partial charge in [0.05, 0.1) is 16.6 Å². The molecule has 1 atom stereocenters. The standard InChI is InChI=1S/C16H19N7O2S/c1-9-12(14(25)23(22(9)3)11-7-5-4-6-8-11)18-13(24)10(2)26-16-19-15(17)20-21-16/h4-8,10H,1-3H3,(H,18,24)(H3,17,19,20,21)/t10-/m0/s1. The first-order valence-corrected chi connectivity index (χ1v) is 8.76. The van der Waals surface area contributed by atoms with Gasteiger partial charge in [0.15, 0.2) is 0 Å². The SMILES string of the molecule is Cc1c(NC(=O)[C@H](C)Sc2n[nH]c(N)n2)c(=O)n(-c2ccccc2)n1C. The van der Waals surface area contributed by atoms with Crippen LogP contribution >= 0.6 is 11.8 Å². The number of hydrogen-bond acceptors (Lipinski definition) is 6. The molecule has 2 heterocycles. The van der Waals surface area contributed by atoms with Gasteiger partial charge in [0.25, 0.3) is 5.56 Å². The summed E-state index contributed by atoms with van der Waals surface area (Å²) in [4.78, 5) is 29.3. The molecule has 0 spiro atoms. The predicted octanol–water partition coefficient (Wildman–Crippen LogP) is 1.30. The van der Waals surface area contributed by atoms with Crippen LogP contribution in [-0.4, -0.2) is 35.7 Å². The predicted molar refractivity (Wildman–Crippen MR) is 100 cm³/mol. The van der Waals surface area contributed by atoms with Crippen LogP contribution in [0.15, 0.2) is 40.3 Å². The van der Waals surface area contributed by atoms with Gasteiger partial charge in [0.2, 0.25) is 17.0 Å². The molecule has 26 heavy (non-hydrogen) atoms. The topological polar surface area (TPSA) is 124 Å². The van der Waals surface area contributed by atoms with Gasteiger partial charge in [-0.3, -0.25) is 14.3 Å². The second-order valence-electron chi connectivity index (χ2n) is 5.69. The third-order valence-corrected chi connectivity index (χ3v) is 4.90. The normalized spacial score (nSPS) is 12.1. The fourth-order valence-corrected chi connectivity index (χ4v) is 3.19. The van der Waals surface area contributed by atoms with Gasteiger partial charge >= 0.3 is 0 Å². The van der Waals surface area contributed by atoms with E-state index in [1.54, 1.807) is 25.6 Å². The highest BCUT2D eigenvalue weighted by Gasteiger charge is 2.22. The molecule has 0 aliphatic carbocycles. The van der Waals surface area contributed by atoms with E-state index >= 15 is 0 Å². The zero-order valence-electron chi connectivity index (χ0n) is 14.6. The van der Waals surface area contributed by atoms with Crippen LogP contribution in [0, 0.1) is 6.92 Å². The molecule has 0 saturated carbocycles. The van der Waals surface area contributed by atoms with Crippen LogP contribution in [0.1, 0.15) is 12.6 Å². The number of thioether (sulfide) groups is 1. The Kier molecular flexibility index (Phi) is 4.85. The molecule has 0 unspecified atom stereocenters. The van der Waals surface area contributed by atoms with Crippen LogP contribution < -0.4 is 16.6 Å². The maximum atomic E-state index is 12.8. The minimum absolute atomic E-state index is 0.185. The zero-order chi connectivity index (χ0) is 18.8. The number of aromatic amines is 1. The lowest BCUT2D eigenvalue weighted by molar-refractivity contribution is -0.115. The number of anilines is 2. The third kappa shape index (κ3) is 3.36. The van der Waals surface area contributed by atoms with Gasteiger partial charge < -0.3 is 11.1 Å². The number of amides is 1. The highest BCUT2D eigenvalue weighted by Crippen LogP contribution is 2.21. The van der Waals surface area contributed by atoms with Crippen molar-refractivity contribution in [3.8, 4) is 5.69 Å². The van der Waals surface area contributed by atoms with Crippen molar-refractivity contribution in [3.05, 3.63) is 46.4 Å². The van der Waals surface area contributed by atoms with Gasteiger partial charge in [-0.05, 0) is 26.0 Å². The van der Waals surface area contributed by atoms with Crippen molar-refractivity contribution in [2.24, 2.45) is 7.05 Å². The van der Waals surface area contributed by atoms with Crippen LogP contribution in [0.3, 0.4) is 0 Å². The lowest BCUT2D eigenvalue weighted by atomic mass is 10.3. The summed E-state index contributed by atoms with van der Waals surface area (Å²) >= 11 is 1.15. The first-order valence-electron chi connectivity index (χ1n) is 7.88. The second kappa shape index (κ2) is 7.08. The number of H-pyrrole nitrogens is 1. The average molecular weight is 373 g/mol. The van der Waals surface area contributed by atoms with E-state index in [0.717, 1.165) is 17.4 Å². The van der Waals surface area contributed by atoms with Gasteiger partial charge in [-0.25, -0.2) is 9.78 Å². The first kappa shape index (κ1) is 17.8. The van der Waals surface area contributed by atoms with Crippen molar-refractivity contribution in [2.75, 3.05) is 11.1 Å². The lowest BCUT2D eigenvalue weighted by Gasteiger charge is -2.09. The maximum Gasteiger partial charge on any atom is 0.295 e. The van der Waals surface area contributed by atoms with E-state index in [9.17, 15) is 9.59 Å². The van der Waals surface area contributed by atoms with Crippen molar-refractivity contribution in [3.63, 3.8) is 0 Å². The molecule has 0 bridgehead atoms. The van der Waals surface area contributed by atoms with E-state index in [-0.39, 0.29) is 23.1 Å². The number of aromatic nitrogens is 5. The summed E-state index contributed by atoms with van der Waals surface area (Å²) in [5.41, 5.74) is 6.83. The van der Waals surface area contributed by atoms with Gasteiger partial charge in [0, 0.05) is 7.05 Å². The number of nitrogen functional groups attached to an aromatic ring is 1.